The van der Waals surface area contributed by atoms with Crippen molar-refractivity contribution < 1.29 is 14.3 Å². The van der Waals surface area contributed by atoms with E-state index in [1.54, 1.807) is 40.8 Å². The Kier molecular flexibility index (Phi) is 6.30. The summed E-state index contributed by atoms with van der Waals surface area (Å²) in [6.07, 6.45) is 2.04. The minimum atomic E-state index is -0.620. The zero-order chi connectivity index (χ0) is 22.5. The quantitative estimate of drug-likeness (QED) is 0.647. The molecule has 1 aliphatic rings. The summed E-state index contributed by atoms with van der Waals surface area (Å²) >= 11 is 0. The molecular formula is C24H24N4O4. The molecule has 3 aromatic rings. The molecule has 1 fully saturated rings. The standard InChI is InChI=1S/C24H24N4O4/c1-17-14-21(29)23(26-28(17)19-9-3-2-4-10-19)24(31)25-18-8-7-11-20(15-18)32-16-22(30)27-12-5-6-13-27/h2-4,7-11,14-15H,5-6,12-13,16H2,1H3,(H,25,31). The van der Waals surface area contributed by atoms with Gasteiger partial charge in [-0.25, -0.2) is 4.68 Å². The molecule has 164 valence electrons. The van der Waals surface area contributed by atoms with E-state index in [1.807, 2.05) is 30.3 Å². The first-order valence-corrected chi connectivity index (χ1v) is 10.5. The van der Waals surface area contributed by atoms with Crippen LogP contribution in [0.5, 0.6) is 5.75 Å². The van der Waals surface area contributed by atoms with Crippen LogP contribution in [-0.2, 0) is 4.79 Å². The van der Waals surface area contributed by atoms with Crippen LogP contribution >= 0.6 is 0 Å². The number of nitrogens with zero attached hydrogens (tertiary/aromatic N) is 3. The number of carbonyl (C=O) groups is 2. The van der Waals surface area contributed by atoms with Crippen LogP contribution in [0.4, 0.5) is 5.69 Å². The maximum Gasteiger partial charge on any atom is 0.280 e. The van der Waals surface area contributed by atoms with E-state index in [0.717, 1.165) is 31.6 Å². The first kappa shape index (κ1) is 21.3. The van der Waals surface area contributed by atoms with Crippen LogP contribution in [0.1, 0.15) is 29.0 Å². The molecule has 2 aromatic carbocycles. The summed E-state index contributed by atoms with van der Waals surface area (Å²) < 4.78 is 7.16. The zero-order valence-corrected chi connectivity index (χ0v) is 17.8. The number of rotatable bonds is 6. The van der Waals surface area contributed by atoms with Crippen LogP contribution in [0.25, 0.3) is 5.69 Å². The Morgan fingerprint density at radius 3 is 2.53 bits per heavy atom. The van der Waals surface area contributed by atoms with Crippen molar-refractivity contribution in [1.29, 1.82) is 0 Å². The van der Waals surface area contributed by atoms with Crippen LogP contribution in [0, 0.1) is 6.92 Å². The van der Waals surface area contributed by atoms with E-state index < -0.39 is 11.3 Å². The van der Waals surface area contributed by atoms with Crippen molar-refractivity contribution >= 4 is 17.5 Å². The lowest BCUT2D eigenvalue weighted by Gasteiger charge is -2.16. The second-order valence-corrected chi connectivity index (χ2v) is 7.60. The predicted molar refractivity (Wildman–Crippen MR) is 120 cm³/mol. The largest absolute Gasteiger partial charge is 0.484 e. The molecule has 0 aliphatic carbocycles. The first-order chi connectivity index (χ1) is 15.5. The van der Waals surface area contributed by atoms with Crippen molar-refractivity contribution in [2.75, 3.05) is 25.0 Å². The van der Waals surface area contributed by atoms with Gasteiger partial charge in [-0.2, -0.15) is 5.10 Å². The van der Waals surface area contributed by atoms with Gasteiger partial charge in [0, 0.05) is 36.6 Å². The van der Waals surface area contributed by atoms with Crippen LogP contribution in [0.3, 0.4) is 0 Å². The minimum Gasteiger partial charge on any atom is -0.484 e. The number of carbonyl (C=O) groups excluding carboxylic acids is 2. The Bertz CT molecular complexity index is 1180. The number of para-hydroxylation sites is 1. The van der Waals surface area contributed by atoms with Gasteiger partial charge in [0.15, 0.2) is 12.3 Å². The number of ether oxygens (including phenoxy) is 1. The van der Waals surface area contributed by atoms with E-state index in [0.29, 0.717) is 17.1 Å². The molecule has 8 heteroatoms. The van der Waals surface area contributed by atoms with E-state index in [2.05, 4.69) is 10.4 Å². The van der Waals surface area contributed by atoms with Gasteiger partial charge in [0.25, 0.3) is 11.8 Å². The van der Waals surface area contributed by atoms with E-state index in [4.69, 9.17) is 4.74 Å². The summed E-state index contributed by atoms with van der Waals surface area (Å²) in [7, 11) is 0. The molecule has 4 rings (SSSR count). The lowest BCUT2D eigenvalue weighted by molar-refractivity contribution is -0.132. The molecule has 0 unspecified atom stereocenters. The Morgan fingerprint density at radius 1 is 1.03 bits per heavy atom. The van der Waals surface area contributed by atoms with Gasteiger partial charge in [-0.05, 0) is 44.0 Å². The van der Waals surface area contributed by atoms with Crippen molar-refractivity contribution in [3.05, 3.63) is 82.3 Å². The van der Waals surface area contributed by atoms with Crippen LogP contribution in [0.2, 0.25) is 0 Å². The average Bonchev–Trinajstić information content (AvgIpc) is 3.33. The van der Waals surface area contributed by atoms with Gasteiger partial charge in [-0.1, -0.05) is 24.3 Å². The van der Waals surface area contributed by atoms with Gasteiger partial charge in [0.2, 0.25) is 5.43 Å². The molecule has 0 atom stereocenters. The molecule has 1 saturated heterocycles. The third-order valence-corrected chi connectivity index (χ3v) is 5.24. The Labute approximate surface area is 185 Å². The Morgan fingerprint density at radius 2 is 1.78 bits per heavy atom. The summed E-state index contributed by atoms with van der Waals surface area (Å²) in [5, 5.41) is 6.97. The Balaban J connectivity index is 1.48. The third kappa shape index (κ3) is 4.85. The zero-order valence-electron chi connectivity index (χ0n) is 17.8. The number of likely N-dealkylation sites (tertiary alicyclic amines) is 1. The monoisotopic (exact) mass is 432 g/mol. The fourth-order valence-electron chi connectivity index (χ4n) is 3.59. The number of amides is 2. The highest BCUT2D eigenvalue weighted by atomic mass is 16.5. The van der Waals surface area contributed by atoms with Gasteiger partial charge in [0.05, 0.1) is 5.69 Å². The predicted octanol–water partition coefficient (Wildman–Crippen LogP) is 2.79. The molecule has 1 aliphatic heterocycles. The Hall–Kier alpha value is -3.94. The molecule has 1 aromatic heterocycles. The molecule has 0 saturated carbocycles. The highest BCUT2D eigenvalue weighted by molar-refractivity contribution is 6.02. The first-order valence-electron chi connectivity index (χ1n) is 10.5. The summed E-state index contributed by atoms with van der Waals surface area (Å²) in [5.41, 5.74) is 1.13. The second-order valence-electron chi connectivity index (χ2n) is 7.60. The smallest absolute Gasteiger partial charge is 0.280 e. The molecule has 32 heavy (non-hydrogen) atoms. The average molecular weight is 432 g/mol. The van der Waals surface area contributed by atoms with Crippen molar-refractivity contribution in [3.63, 3.8) is 0 Å². The van der Waals surface area contributed by atoms with Crippen LogP contribution in [0.15, 0.2) is 65.5 Å². The normalized spacial score (nSPS) is 13.1. The summed E-state index contributed by atoms with van der Waals surface area (Å²) in [6, 6.07) is 17.4. The maximum absolute atomic E-state index is 12.8. The molecule has 2 heterocycles. The SMILES string of the molecule is Cc1cc(=O)c(C(=O)Nc2cccc(OCC(=O)N3CCCC3)c2)nn1-c1ccccc1. The van der Waals surface area contributed by atoms with Crippen LogP contribution < -0.4 is 15.5 Å². The minimum absolute atomic E-state index is 0.0535. The number of nitrogens with one attached hydrogen (secondary N) is 1. The van der Waals surface area contributed by atoms with E-state index in [-0.39, 0.29) is 18.2 Å². The van der Waals surface area contributed by atoms with Crippen molar-refractivity contribution in [1.82, 2.24) is 14.7 Å². The van der Waals surface area contributed by atoms with Gasteiger partial charge in [-0.3, -0.25) is 14.4 Å². The maximum atomic E-state index is 12.8. The van der Waals surface area contributed by atoms with Gasteiger partial charge < -0.3 is 15.0 Å². The summed E-state index contributed by atoms with van der Waals surface area (Å²) in [4.78, 5) is 39.2. The van der Waals surface area contributed by atoms with Crippen LogP contribution in [-0.4, -0.2) is 46.2 Å². The molecule has 0 radical (unpaired) electrons. The number of aryl methyl sites for hydroxylation is 1. The lowest BCUT2D eigenvalue weighted by Crippen LogP contribution is -2.32. The van der Waals surface area contributed by atoms with Crippen molar-refractivity contribution in [2.24, 2.45) is 0 Å². The molecule has 2 amide bonds. The van der Waals surface area contributed by atoms with Crippen molar-refractivity contribution in [3.8, 4) is 11.4 Å². The molecule has 1 N–H and O–H groups in total. The van der Waals surface area contributed by atoms with E-state index >= 15 is 0 Å². The van der Waals surface area contributed by atoms with Gasteiger partial charge in [0.1, 0.15) is 5.75 Å². The topological polar surface area (TPSA) is 93.5 Å². The molecule has 0 bridgehead atoms. The number of hydrogen-bond donors (Lipinski definition) is 1. The van der Waals surface area contributed by atoms with E-state index in [1.165, 1.54) is 6.07 Å². The van der Waals surface area contributed by atoms with Crippen molar-refractivity contribution in [2.45, 2.75) is 19.8 Å². The fraction of sp³-hybridized carbons (Fsp3) is 0.250. The second kappa shape index (κ2) is 9.47. The summed E-state index contributed by atoms with van der Waals surface area (Å²) in [5.74, 6) is -0.221. The molecular weight excluding hydrogens is 408 g/mol. The number of benzene rings is 2. The van der Waals surface area contributed by atoms with Gasteiger partial charge >= 0.3 is 0 Å². The van der Waals surface area contributed by atoms with Gasteiger partial charge in [-0.15, -0.1) is 0 Å². The number of hydrogen-bond acceptors (Lipinski definition) is 5. The molecule has 8 nitrogen and oxygen atoms in total. The molecule has 0 spiro atoms. The lowest BCUT2D eigenvalue weighted by atomic mass is 10.2. The number of aromatic nitrogens is 2. The fourth-order valence-corrected chi connectivity index (χ4v) is 3.59. The highest BCUT2D eigenvalue weighted by Gasteiger charge is 2.19. The highest BCUT2D eigenvalue weighted by Crippen LogP contribution is 2.18. The third-order valence-electron chi connectivity index (χ3n) is 5.24. The summed E-state index contributed by atoms with van der Waals surface area (Å²) in [6.45, 7) is 3.23. The van der Waals surface area contributed by atoms with E-state index in [9.17, 15) is 14.4 Å². The number of anilines is 1.